The quantitative estimate of drug-likeness (QED) is 0.488. The average Bonchev–Trinajstić information content (AvgIpc) is 2.66. The summed E-state index contributed by atoms with van der Waals surface area (Å²) in [6.45, 7) is 0. The fourth-order valence-corrected chi connectivity index (χ4v) is 2.22. The second kappa shape index (κ2) is 4.02. The molecule has 2 aliphatic heterocycles. The monoisotopic (exact) mass is 263 g/mol. The molecule has 92 valence electrons. The summed E-state index contributed by atoms with van der Waals surface area (Å²) in [6, 6.07) is 1.74. The Labute approximate surface area is 107 Å². The summed E-state index contributed by atoms with van der Waals surface area (Å²) in [5, 5.41) is 0. The lowest BCUT2D eigenvalue weighted by Gasteiger charge is -2.35. The van der Waals surface area contributed by atoms with Crippen LogP contribution in [0.3, 0.4) is 0 Å². The van der Waals surface area contributed by atoms with Gasteiger partial charge in [0.1, 0.15) is 10.3 Å². The average molecular weight is 263 g/mol. The van der Waals surface area contributed by atoms with Gasteiger partial charge < -0.3 is 9.64 Å². The van der Waals surface area contributed by atoms with Crippen LogP contribution in [0.1, 0.15) is 12.8 Å². The number of esters is 1. The van der Waals surface area contributed by atoms with Crippen molar-refractivity contribution in [1.82, 2.24) is 14.9 Å². The fourth-order valence-electron chi connectivity index (χ4n) is 2.07. The molecule has 0 bridgehead atoms. The highest BCUT2D eigenvalue weighted by Crippen LogP contribution is 2.33. The van der Waals surface area contributed by atoms with Crippen molar-refractivity contribution in [2.75, 3.05) is 0 Å². The Morgan fingerprint density at radius 1 is 1.61 bits per heavy atom. The number of hydrogen-bond donors (Lipinski definition) is 1. The minimum absolute atomic E-state index is 0.0322. The molecule has 3 rings (SSSR count). The predicted octanol–water partition coefficient (Wildman–Crippen LogP) is 0.933. The third kappa shape index (κ3) is 1.72. The van der Waals surface area contributed by atoms with Crippen molar-refractivity contribution in [2.24, 2.45) is 0 Å². The van der Waals surface area contributed by atoms with Gasteiger partial charge in [0.2, 0.25) is 5.91 Å². The second-order valence-electron chi connectivity index (χ2n) is 4.08. The van der Waals surface area contributed by atoms with Gasteiger partial charge in [0, 0.05) is 18.7 Å². The molecule has 2 aliphatic rings. The van der Waals surface area contributed by atoms with Crippen LogP contribution in [0.15, 0.2) is 24.0 Å². The molecule has 0 aliphatic carbocycles. The SMILES string of the molecule is O=C(Oc1nccc(=S)[nH]1)C1=CC[C@@H]2CC(=O)N12. The van der Waals surface area contributed by atoms with Gasteiger partial charge in [-0.1, -0.05) is 18.3 Å². The highest BCUT2D eigenvalue weighted by Gasteiger charge is 2.44. The lowest BCUT2D eigenvalue weighted by atomic mass is 10.0. The van der Waals surface area contributed by atoms with E-state index in [4.69, 9.17) is 17.0 Å². The number of H-pyrrole nitrogens is 1. The van der Waals surface area contributed by atoms with Crippen molar-refractivity contribution in [3.05, 3.63) is 28.7 Å². The molecule has 1 fully saturated rings. The van der Waals surface area contributed by atoms with Gasteiger partial charge in [-0.2, -0.15) is 0 Å². The first-order chi connectivity index (χ1) is 8.65. The van der Waals surface area contributed by atoms with Crippen molar-refractivity contribution in [2.45, 2.75) is 18.9 Å². The van der Waals surface area contributed by atoms with Crippen LogP contribution in [0.4, 0.5) is 0 Å². The van der Waals surface area contributed by atoms with E-state index in [1.54, 1.807) is 12.1 Å². The van der Waals surface area contributed by atoms with Crippen LogP contribution in [-0.2, 0) is 9.59 Å². The number of nitrogens with zero attached hydrogens (tertiary/aromatic N) is 2. The molecular formula is C11H9N3O3S. The van der Waals surface area contributed by atoms with Crippen LogP contribution < -0.4 is 4.74 Å². The van der Waals surface area contributed by atoms with E-state index >= 15 is 0 Å². The van der Waals surface area contributed by atoms with Crippen LogP contribution in [0.5, 0.6) is 6.01 Å². The van der Waals surface area contributed by atoms with Gasteiger partial charge in [-0.05, 0) is 12.5 Å². The number of aromatic amines is 1. The van der Waals surface area contributed by atoms with Crippen LogP contribution in [-0.4, -0.2) is 32.8 Å². The Kier molecular flexibility index (Phi) is 2.48. The minimum Gasteiger partial charge on any atom is -0.387 e. The van der Waals surface area contributed by atoms with Crippen LogP contribution in [0, 0.1) is 4.64 Å². The van der Waals surface area contributed by atoms with Gasteiger partial charge in [-0.25, -0.2) is 9.78 Å². The van der Waals surface area contributed by atoms with Crippen molar-refractivity contribution >= 4 is 24.1 Å². The van der Waals surface area contributed by atoms with Crippen molar-refractivity contribution in [3.8, 4) is 6.01 Å². The zero-order chi connectivity index (χ0) is 12.7. The van der Waals surface area contributed by atoms with E-state index in [1.165, 1.54) is 11.1 Å². The van der Waals surface area contributed by atoms with Crippen molar-refractivity contribution in [1.29, 1.82) is 0 Å². The lowest BCUT2D eigenvalue weighted by molar-refractivity contribution is -0.146. The summed E-state index contributed by atoms with van der Waals surface area (Å²) in [4.78, 5) is 31.2. The third-order valence-electron chi connectivity index (χ3n) is 2.93. The molecule has 18 heavy (non-hydrogen) atoms. The number of β-lactam (4-membered cyclic amide) rings is 1. The van der Waals surface area contributed by atoms with Crippen molar-refractivity contribution in [3.63, 3.8) is 0 Å². The maximum atomic E-state index is 11.9. The number of fused-ring (bicyclic) bond motifs is 1. The molecule has 1 saturated heterocycles. The zero-order valence-corrected chi connectivity index (χ0v) is 10.1. The van der Waals surface area contributed by atoms with Crippen molar-refractivity contribution < 1.29 is 14.3 Å². The highest BCUT2D eigenvalue weighted by molar-refractivity contribution is 7.71. The molecule has 3 heterocycles. The Balaban J connectivity index is 1.76. The molecule has 1 atom stereocenters. The molecule has 0 spiro atoms. The van der Waals surface area contributed by atoms with E-state index in [1.807, 2.05) is 0 Å². The van der Waals surface area contributed by atoms with Gasteiger partial charge in [-0.3, -0.25) is 9.78 Å². The molecule has 1 aromatic rings. The largest absolute Gasteiger partial charge is 0.387 e. The van der Waals surface area contributed by atoms with E-state index in [-0.39, 0.29) is 18.0 Å². The minimum atomic E-state index is -0.588. The smallest absolute Gasteiger partial charge is 0.362 e. The van der Waals surface area contributed by atoms with Crippen LogP contribution >= 0.6 is 12.2 Å². The Morgan fingerprint density at radius 2 is 2.44 bits per heavy atom. The number of carbonyl (C=O) groups excluding carboxylic acids is 2. The summed E-state index contributed by atoms with van der Waals surface area (Å²) in [5.41, 5.74) is 0.293. The molecule has 7 heteroatoms. The predicted molar refractivity (Wildman–Crippen MR) is 63.0 cm³/mol. The number of rotatable bonds is 2. The first kappa shape index (κ1) is 11.1. The molecule has 0 unspecified atom stereocenters. The van der Waals surface area contributed by atoms with Crippen LogP contribution in [0.25, 0.3) is 0 Å². The number of hydrogen-bond acceptors (Lipinski definition) is 5. The normalized spacial score (nSPS) is 21.1. The molecule has 0 radical (unpaired) electrons. The Bertz CT molecular complexity index is 622. The Hall–Kier alpha value is -2.02. The van der Waals surface area contributed by atoms with Gasteiger partial charge in [0.15, 0.2) is 0 Å². The summed E-state index contributed by atoms with van der Waals surface area (Å²) in [5.74, 6) is -0.635. The number of nitrogens with one attached hydrogen (secondary N) is 1. The first-order valence-corrected chi connectivity index (χ1v) is 5.86. The summed E-state index contributed by atoms with van der Waals surface area (Å²) in [6.07, 6.45) is 4.37. The highest BCUT2D eigenvalue weighted by atomic mass is 32.1. The topological polar surface area (TPSA) is 75.3 Å². The maximum absolute atomic E-state index is 11.9. The van der Waals surface area contributed by atoms with Crippen LogP contribution in [0.2, 0.25) is 0 Å². The molecule has 1 aromatic heterocycles. The third-order valence-corrected chi connectivity index (χ3v) is 3.17. The standard InChI is InChI=1S/C11H9N3O3S/c15-9-5-6-1-2-7(14(6)9)10(16)17-11-12-4-3-8(18)13-11/h2-4,6H,1,5H2,(H,12,13,18)/t6-/m1/s1. The summed E-state index contributed by atoms with van der Waals surface area (Å²) >= 11 is 4.89. The van der Waals surface area contributed by atoms with E-state index in [2.05, 4.69) is 9.97 Å². The zero-order valence-electron chi connectivity index (χ0n) is 9.25. The number of aromatic nitrogens is 2. The van der Waals surface area contributed by atoms with E-state index in [0.717, 1.165) is 0 Å². The molecule has 0 saturated carbocycles. The summed E-state index contributed by atoms with van der Waals surface area (Å²) < 4.78 is 5.47. The second-order valence-corrected chi connectivity index (χ2v) is 4.52. The van der Waals surface area contributed by atoms with Gasteiger partial charge in [0.05, 0.1) is 0 Å². The molecule has 1 amide bonds. The number of ether oxygens (including phenoxy) is 1. The maximum Gasteiger partial charge on any atom is 0.362 e. The molecule has 6 nitrogen and oxygen atoms in total. The number of carbonyl (C=O) groups is 2. The molecular weight excluding hydrogens is 254 g/mol. The summed E-state index contributed by atoms with van der Waals surface area (Å²) in [7, 11) is 0. The van der Waals surface area contributed by atoms with Gasteiger partial charge in [0.25, 0.3) is 0 Å². The molecule has 1 N–H and O–H groups in total. The fraction of sp³-hybridized carbons (Fsp3) is 0.273. The van der Waals surface area contributed by atoms with E-state index in [0.29, 0.717) is 23.2 Å². The first-order valence-electron chi connectivity index (χ1n) is 5.45. The molecule has 0 aromatic carbocycles. The van der Waals surface area contributed by atoms with E-state index in [9.17, 15) is 9.59 Å². The van der Waals surface area contributed by atoms with E-state index < -0.39 is 5.97 Å². The van der Waals surface area contributed by atoms with Gasteiger partial charge >= 0.3 is 12.0 Å². The lowest BCUT2D eigenvalue weighted by Crippen LogP contribution is -2.50. The number of amides is 1. The van der Waals surface area contributed by atoms with Gasteiger partial charge in [-0.15, -0.1) is 0 Å². The Morgan fingerprint density at radius 3 is 3.17 bits per heavy atom.